The molecule has 105 heavy (non-hydrogen) atoms. The summed E-state index contributed by atoms with van der Waals surface area (Å²) in [5, 5.41) is 197. The summed E-state index contributed by atoms with van der Waals surface area (Å²) in [4.78, 5) is 43.4. The highest BCUT2D eigenvalue weighted by atomic mass is 16.8. The van der Waals surface area contributed by atoms with Gasteiger partial charge in [-0.15, -0.1) is 0 Å². The van der Waals surface area contributed by atoms with Crippen LogP contribution in [0.3, 0.4) is 0 Å². The minimum absolute atomic E-state index is 0.131. The Balaban J connectivity index is 0.824. The largest absolute Gasteiger partial charge is 0.479 e. The number of carboxylic acid groups (broad SMARTS) is 1. The van der Waals surface area contributed by atoms with Gasteiger partial charge in [0, 0.05) is 0 Å². The molecule has 12 rings (SSSR count). The molecule has 42 atom stereocenters. The molecule has 0 aromatic heterocycles. The summed E-state index contributed by atoms with van der Waals surface area (Å²) in [6, 6.07) is 0. The fourth-order valence-electron chi connectivity index (χ4n) is 20.1. The average molecular weight is 1510 g/mol. The molecule has 7 aliphatic heterocycles. The van der Waals surface area contributed by atoms with Crippen molar-refractivity contribution in [3.63, 3.8) is 0 Å². The van der Waals surface area contributed by atoms with E-state index in [1.165, 1.54) is 20.8 Å². The molecular weight excluding hydrogens is 1400 g/mol. The van der Waals surface area contributed by atoms with Crippen molar-refractivity contribution in [3.8, 4) is 0 Å². The molecule has 0 spiro atoms. The van der Waals surface area contributed by atoms with E-state index in [-0.39, 0.29) is 17.8 Å². The Morgan fingerprint density at radius 2 is 0.990 bits per heavy atom. The number of ether oxygens (including phenoxy) is 14. The zero-order chi connectivity index (χ0) is 76.6. The molecule has 18 N–H and O–H groups in total. The van der Waals surface area contributed by atoms with Gasteiger partial charge in [0.1, 0.15) is 134 Å². The Morgan fingerprint density at radius 1 is 0.486 bits per heavy atom. The normalized spacial score (nSPS) is 55.1. The van der Waals surface area contributed by atoms with Crippen molar-refractivity contribution in [3.05, 3.63) is 11.6 Å². The molecule has 4 saturated carbocycles. The lowest BCUT2D eigenvalue weighted by atomic mass is 9.33. The van der Waals surface area contributed by atoms with Crippen LogP contribution in [0.25, 0.3) is 0 Å². The summed E-state index contributed by atoms with van der Waals surface area (Å²) in [6.45, 7) is 15.1. The number of carbonyl (C=O) groups is 3. The number of hydrogen-bond acceptors (Lipinski definition) is 34. The maximum absolute atomic E-state index is 16.0. The van der Waals surface area contributed by atoms with Gasteiger partial charge in [0.2, 0.25) is 6.29 Å². The van der Waals surface area contributed by atoms with Crippen molar-refractivity contribution < 1.29 is 173 Å². The van der Waals surface area contributed by atoms with Crippen LogP contribution >= 0.6 is 0 Å². The van der Waals surface area contributed by atoms with E-state index in [2.05, 4.69) is 40.7 Å². The molecule has 0 amide bonds. The van der Waals surface area contributed by atoms with E-state index < -0.39 is 280 Å². The molecule has 0 radical (unpaired) electrons. The van der Waals surface area contributed by atoms with Crippen molar-refractivity contribution in [2.45, 2.75) is 335 Å². The summed E-state index contributed by atoms with van der Waals surface area (Å²) in [6.07, 6.45) is -52.2. The zero-order valence-corrected chi connectivity index (χ0v) is 60.2. The van der Waals surface area contributed by atoms with Gasteiger partial charge in [-0.2, -0.15) is 0 Å². The molecule has 5 aliphatic carbocycles. The van der Waals surface area contributed by atoms with Crippen LogP contribution < -0.4 is 0 Å². The maximum Gasteiger partial charge on any atom is 0.335 e. The predicted octanol–water partition coefficient (Wildman–Crippen LogP) is -4.93. The average Bonchev–Trinajstić information content (AvgIpc) is 0.674. The fraction of sp³-hybridized carbons (Fsp3) is 0.929. The number of aliphatic carboxylic acids is 1. The molecule has 0 bridgehead atoms. The second kappa shape index (κ2) is 30.6. The molecule has 35 heteroatoms. The lowest BCUT2D eigenvalue weighted by molar-refractivity contribution is -0.391. The highest BCUT2D eigenvalue weighted by Gasteiger charge is 2.72. The number of rotatable bonds is 17. The number of hydrogen-bond donors (Lipinski definition) is 18. The maximum atomic E-state index is 16.0. The van der Waals surface area contributed by atoms with Crippen LogP contribution in [-0.2, 0) is 80.7 Å². The number of allylic oxidation sites excluding steroid dienone is 2. The number of fused-ring (bicyclic) bond motifs is 7. The van der Waals surface area contributed by atoms with E-state index in [0.29, 0.717) is 57.8 Å². The molecular formula is C70H110O35. The Labute approximate surface area is 606 Å². The SMILES string of the molecule is C[C@H]1O[C@H](O[C@@H]2[C@H](O)[C@@H](C)O[C@@H](OC(=O)[C@@]34CCC(C)(C)C[C@@H]3C3=CC[C@H]5[C@@]6(C)CC[C@H](O[C@@H]7O[C@H](C(=O)O)[C@@H](O)[C@H](O[C@H]8OC[C@@H](O)[C@H](O)[C@@H]8O)[C@H]7O[C@@H]7O[C@@H](CO)[C@H](O)[C@@H](O)[C@@H]7O)[C@@](C)(C=O)[C@@H]6CC[C@@]5(C)[C@]3(C)CC4)[C@@H]2O[C@H]2O[C@H](C)[C@@H](O[C@@H]3OC[C@@H](O)[C@@H](O)[C@H]3O)C(O)[C@H]2O)[C@H](O)[C@H](O)[C@H]1O. The van der Waals surface area contributed by atoms with E-state index in [0.717, 1.165) is 11.9 Å². The quantitative estimate of drug-likeness (QED) is 0.0281. The number of aliphatic hydroxyl groups is 17. The van der Waals surface area contributed by atoms with Crippen LogP contribution in [0.15, 0.2) is 11.6 Å². The second-order valence-corrected chi connectivity index (χ2v) is 33.5. The lowest BCUT2D eigenvalue weighted by Crippen LogP contribution is -2.69. The standard InChI is InChI=1S/C70H110O35/c1-25-36(75)41(80)46(85)59(94-25)101-51-37(76)26(2)95-62(54(51)103-60-48(87)43(82)50(27(3)96-60)99-57-44(83)38(77)30(73)22-92-57)105-64(91)70-18-16-65(4,5)20-29(70)28-10-11-34-66(6)14-13-35(67(7,24-72)33(66)12-15-69(34,9)68(28,8)17-19-70)98-63-55(104-61-47(86)42(81)40(79)32(21-71)97-61)52(49(88)53(102-63)56(89)90)100-58-45(84)39(78)31(74)23-93-58/h10,24-27,29-55,57-63,71,73-88H,11-23H2,1-9H3,(H,89,90)/t25-,26-,27-,29-,30-,31-,32+,33-,34+,35+,36+,37-,38-,39+,40+,41-,42-,43?,44-,45+,46-,47+,48-,49+,50-,51-,52+,53+,54-,55-,57+,58-,59-,60-,61+,62+,63-,66+,67+,68-,69-,70-/m1/s1. The van der Waals surface area contributed by atoms with Gasteiger partial charge in [-0.1, -0.05) is 53.2 Å². The molecule has 0 aromatic rings. The van der Waals surface area contributed by atoms with Gasteiger partial charge in [-0.05, 0) is 124 Å². The highest BCUT2D eigenvalue weighted by molar-refractivity contribution is 5.79. The van der Waals surface area contributed by atoms with Crippen LogP contribution in [0.4, 0.5) is 0 Å². The van der Waals surface area contributed by atoms with E-state index in [1.807, 2.05) is 0 Å². The first-order valence-corrected chi connectivity index (χ1v) is 36.8. The van der Waals surface area contributed by atoms with Gasteiger partial charge >= 0.3 is 11.9 Å². The summed E-state index contributed by atoms with van der Waals surface area (Å²) in [7, 11) is 0. The fourth-order valence-corrected chi connectivity index (χ4v) is 20.1. The van der Waals surface area contributed by atoms with Gasteiger partial charge in [-0.3, -0.25) is 4.79 Å². The predicted molar refractivity (Wildman–Crippen MR) is 345 cm³/mol. The summed E-state index contributed by atoms with van der Waals surface area (Å²) in [5.41, 5.74) is -3.68. The van der Waals surface area contributed by atoms with E-state index in [1.54, 1.807) is 6.92 Å². The molecule has 11 fully saturated rings. The third-order valence-electron chi connectivity index (χ3n) is 26.8. The second-order valence-electron chi connectivity index (χ2n) is 33.5. The van der Waals surface area contributed by atoms with Gasteiger partial charge in [0.25, 0.3) is 0 Å². The van der Waals surface area contributed by atoms with Gasteiger partial charge in [0.05, 0.1) is 55.1 Å². The summed E-state index contributed by atoms with van der Waals surface area (Å²) in [5.74, 6) is -3.45. The van der Waals surface area contributed by atoms with Crippen molar-refractivity contribution in [1.82, 2.24) is 0 Å². The summed E-state index contributed by atoms with van der Waals surface area (Å²) < 4.78 is 85.4. The number of carboxylic acids is 1. The highest BCUT2D eigenvalue weighted by Crippen LogP contribution is 2.76. The molecule has 35 nitrogen and oxygen atoms in total. The molecule has 0 aromatic carbocycles. The molecule has 7 saturated heterocycles. The van der Waals surface area contributed by atoms with Gasteiger partial charge in [-0.25, -0.2) is 4.79 Å². The molecule has 7 heterocycles. The van der Waals surface area contributed by atoms with E-state index >= 15 is 4.79 Å². The van der Waals surface area contributed by atoms with E-state index in [9.17, 15) is 102 Å². The Bertz CT molecular complexity index is 3080. The van der Waals surface area contributed by atoms with Crippen molar-refractivity contribution in [2.24, 2.45) is 50.2 Å². The minimum atomic E-state index is -2.21. The van der Waals surface area contributed by atoms with Crippen LogP contribution in [0.2, 0.25) is 0 Å². The third kappa shape index (κ3) is 14.1. The van der Waals surface area contributed by atoms with E-state index in [4.69, 9.17) is 66.3 Å². The minimum Gasteiger partial charge on any atom is -0.479 e. The van der Waals surface area contributed by atoms with Gasteiger partial charge < -0.3 is 163 Å². The smallest absolute Gasteiger partial charge is 0.335 e. The molecule has 12 aliphatic rings. The van der Waals surface area contributed by atoms with Gasteiger partial charge in [0.15, 0.2) is 49.9 Å². The van der Waals surface area contributed by atoms with Crippen LogP contribution in [-0.4, -0.2) is 339 Å². The number of aldehydes is 1. The number of esters is 1. The van der Waals surface area contributed by atoms with Crippen molar-refractivity contribution in [2.75, 3.05) is 19.8 Å². The topological polar surface area (TPSA) is 545 Å². The number of carbonyl (C=O) groups excluding carboxylic acids is 2. The Kier molecular flexibility index (Phi) is 23.8. The Morgan fingerprint density at radius 3 is 1.59 bits per heavy atom. The first kappa shape index (κ1) is 81.6. The summed E-state index contributed by atoms with van der Waals surface area (Å²) >= 11 is 0. The Hall–Kier alpha value is -2.85. The third-order valence-corrected chi connectivity index (χ3v) is 26.8. The van der Waals surface area contributed by atoms with Crippen molar-refractivity contribution >= 4 is 18.2 Å². The number of aliphatic hydroxyl groups excluding tert-OH is 17. The molecule has 600 valence electrons. The molecule has 1 unspecified atom stereocenters. The first-order chi connectivity index (χ1) is 49.2. The van der Waals surface area contributed by atoms with Crippen LogP contribution in [0.5, 0.6) is 0 Å². The van der Waals surface area contributed by atoms with Crippen LogP contribution in [0, 0.1) is 50.2 Å². The zero-order valence-electron chi connectivity index (χ0n) is 60.2. The van der Waals surface area contributed by atoms with Crippen molar-refractivity contribution in [1.29, 1.82) is 0 Å². The monoisotopic (exact) mass is 1510 g/mol. The first-order valence-electron chi connectivity index (χ1n) is 36.8. The van der Waals surface area contributed by atoms with Crippen LogP contribution in [0.1, 0.15) is 127 Å². The lowest BCUT2D eigenvalue weighted by Gasteiger charge is -2.71.